The molecule has 1 aromatic carbocycles. The Morgan fingerprint density at radius 3 is 2.95 bits per heavy atom. The van der Waals surface area contributed by atoms with E-state index in [1.807, 2.05) is 11.0 Å². The molecule has 1 amide bonds. The van der Waals surface area contributed by atoms with Crippen LogP contribution in [0.5, 0.6) is 0 Å². The molecule has 2 nitrogen and oxygen atoms in total. The maximum Gasteiger partial charge on any atom is 0.303 e. The SMILES string of the molecule is CC#CC(=O)N1c2ccccc2[C@@]2(C)CCCC[C@@H]12. The summed E-state index contributed by atoms with van der Waals surface area (Å²) in [6.45, 7) is 4.03. The summed E-state index contributed by atoms with van der Waals surface area (Å²) < 4.78 is 0. The van der Waals surface area contributed by atoms with Gasteiger partial charge in [-0.3, -0.25) is 9.69 Å². The molecule has 0 unspecified atom stereocenters. The molecule has 1 aromatic rings. The predicted molar refractivity (Wildman–Crippen MR) is 77.0 cm³/mol. The van der Waals surface area contributed by atoms with E-state index in [0.29, 0.717) is 0 Å². The number of rotatable bonds is 0. The van der Waals surface area contributed by atoms with Crippen molar-refractivity contribution >= 4 is 11.6 Å². The van der Waals surface area contributed by atoms with Gasteiger partial charge in [-0.2, -0.15) is 0 Å². The number of hydrogen-bond donors (Lipinski definition) is 0. The number of nitrogens with zero attached hydrogens (tertiary/aromatic N) is 1. The Morgan fingerprint density at radius 2 is 2.16 bits per heavy atom. The van der Waals surface area contributed by atoms with Crippen molar-refractivity contribution in [1.82, 2.24) is 0 Å². The number of carbonyl (C=O) groups excluding carboxylic acids is 1. The summed E-state index contributed by atoms with van der Waals surface area (Å²) in [6.07, 6.45) is 4.71. The van der Waals surface area contributed by atoms with E-state index in [2.05, 4.69) is 37.0 Å². The van der Waals surface area contributed by atoms with Crippen molar-refractivity contribution in [3.05, 3.63) is 29.8 Å². The Balaban J connectivity index is 2.14. The zero-order chi connectivity index (χ0) is 13.5. The summed E-state index contributed by atoms with van der Waals surface area (Å²) in [4.78, 5) is 14.3. The maximum atomic E-state index is 12.4. The van der Waals surface area contributed by atoms with E-state index in [1.165, 1.54) is 18.4 Å². The quantitative estimate of drug-likeness (QED) is 0.650. The lowest BCUT2D eigenvalue weighted by Crippen LogP contribution is -2.47. The van der Waals surface area contributed by atoms with Gasteiger partial charge in [0.25, 0.3) is 0 Å². The molecule has 1 aliphatic heterocycles. The molecule has 2 heteroatoms. The third kappa shape index (κ3) is 1.69. The van der Waals surface area contributed by atoms with E-state index in [-0.39, 0.29) is 17.4 Å². The van der Waals surface area contributed by atoms with E-state index >= 15 is 0 Å². The number of carbonyl (C=O) groups is 1. The van der Waals surface area contributed by atoms with Gasteiger partial charge in [-0.25, -0.2) is 0 Å². The summed E-state index contributed by atoms with van der Waals surface area (Å²) >= 11 is 0. The van der Waals surface area contributed by atoms with E-state index in [9.17, 15) is 4.79 Å². The fourth-order valence-electron chi connectivity index (χ4n) is 3.80. The first kappa shape index (κ1) is 12.3. The highest BCUT2D eigenvalue weighted by molar-refractivity contribution is 6.08. The van der Waals surface area contributed by atoms with Gasteiger partial charge in [0, 0.05) is 17.1 Å². The lowest BCUT2D eigenvalue weighted by molar-refractivity contribution is -0.114. The summed E-state index contributed by atoms with van der Waals surface area (Å²) in [5, 5.41) is 0. The van der Waals surface area contributed by atoms with E-state index in [0.717, 1.165) is 18.5 Å². The second-order valence-corrected chi connectivity index (χ2v) is 5.75. The number of hydrogen-bond acceptors (Lipinski definition) is 1. The lowest BCUT2D eigenvalue weighted by Gasteiger charge is -2.39. The molecule has 0 saturated heterocycles. The van der Waals surface area contributed by atoms with Crippen LogP contribution < -0.4 is 4.90 Å². The van der Waals surface area contributed by atoms with Gasteiger partial charge in [-0.15, -0.1) is 0 Å². The van der Waals surface area contributed by atoms with Gasteiger partial charge in [0.2, 0.25) is 0 Å². The zero-order valence-corrected chi connectivity index (χ0v) is 11.6. The molecule has 1 fully saturated rings. The van der Waals surface area contributed by atoms with E-state index < -0.39 is 0 Å². The Hall–Kier alpha value is -1.75. The maximum absolute atomic E-state index is 12.4. The van der Waals surface area contributed by atoms with Gasteiger partial charge >= 0.3 is 5.91 Å². The normalized spacial score (nSPS) is 28.1. The number of fused-ring (bicyclic) bond motifs is 3. The molecule has 2 atom stereocenters. The van der Waals surface area contributed by atoms with Crippen molar-refractivity contribution < 1.29 is 4.79 Å². The largest absolute Gasteiger partial charge is 0.303 e. The first-order valence-electron chi connectivity index (χ1n) is 7.04. The Kier molecular flexibility index (Phi) is 2.86. The third-order valence-electron chi connectivity index (χ3n) is 4.70. The summed E-state index contributed by atoms with van der Waals surface area (Å²) in [6, 6.07) is 8.62. The minimum Gasteiger partial charge on any atom is -0.297 e. The molecular weight excluding hydrogens is 234 g/mol. The Morgan fingerprint density at radius 1 is 1.37 bits per heavy atom. The van der Waals surface area contributed by atoms with Crippen molar-refractivity contribution in [2.75, 3.05) is 4.90 Å². The minimum atomic E-state index is -0.0504. The number of amides is 1. The van der Waals surface area contributed by atoms with Crippen molar-refractivity contribution in [2.45, 2.75) is 51.0 Å². The third-order valence-corrected chi connectivity index (χ3v) is 4.70. The van der Waals surface area contributed by atoms with Crippen LogP contribution in [0.1, 0.15) is 45.1 Å². The lowest BCUT2D eigenvalue weighted by atomic mass is 9.69. The summed E-state index contributed by atoms with van der Waals surface area (Å²) in [5.74, 6) is 5.41. The van der Waals surface area contributed by atoms with Gasteiger partial charge in [0.15, 0.2) is 0 Å². The molecule has 0 aromatic heterocycles. The van der Waals surface area contributed by atoms with Crippen LogP contribution in [0.4, 0.5) is 5.69 Å². The molecule has 1 saturated carbocycles. The van der Waals surface area contributed by atoms with Crippen LogP contribution in [0.3, 0.4) is 0 Å². The molecular formula is C17H19NO. The highest BCUT2D eigenvalue weighted by Gasteiger charge is 2.50. The predicted octanol–water partition coefficient (Wildman–Crippen LogP) is 3.26. The smallest absolute Gasteiger partial charge is 0.297 e. The highest BCUT2D eigenvalue weighted by atomic mass is 16.2. The van der Waals surface area contributed by atoms with Crippen LogP contribution in [-0.4, -0.2) is 11.9 Å². The van der Waals surface area contributed by atoms with Crippen LogP contribution >= 0.6 is 0 Å². The van der Waals surface area contributed by atoms with Crippen LogP contribution in [0.25, 0.3) is 0 Å². The monoisotopic (exact) mass is 253 g/mol. The number of benzene rings is 1. The van der Waals surface area contributed by atoms with E-state index in [4.69, 9.17) is 0 Å². The average Bonchev–Trinajstić information content (AvgIpc) is 2.68. The molecule has 1 heterocycles. The van der Waals surface area contributed by atoms with Crippen LogP contribution in [0.2, 0.25) is 0 Å². The van der Waals surface area contributed by atoms with Crippen molar-refractivity contribution in [3.63, 3.8) is 0 Å². The summed E-state index contributed by atoms with van der Waals surface area (Å²) in [7, 11) is 0. The number of para-hydroxylation sites is 1. The Bertz CT molecular complexity index is 580. The first-order valence-corrected chi connectivity index (χ1v) is 7.04. The first-order chi connectivity index (χ1) is 9.18. The molecule has 98 valence electrons. The second kappa shape index (κ2) is 4.42. The molecule has 1 aliphatic carbocycles. The van der Waals surface area contributed by atoms with Crippen LogP contribution in [-0.2, 0) is 10.2 Å². The van der Waals surface area contributed by atoms with Gasteiger partial charge < -0.3 is 0 Å². The molecule has 0 spiro atoms. The van der Waals surface area contributed by atoms with Crippen molar-refractivity contribution in [3.8, 4) is 11.8 Å². The topological polar surface area (TPSA) is 20.3 Å². The molecule has 19 heavy (non-hydrogen) atoms. The molecule has 0 N–H and O–H groups in total. The zero-order valence-electron chi connectivity index (χ0n) is 11.6. The fraction of sp³-hybridized carbons (Fsp3) is 0.471. The minimum absolute atomic E-state index is 0.0504. The second-order valence-electron chi connectivity index (χ2n) is 5.75. The van der Waals surface area contributed by atoms with Crippen molar-refractivity contribution in [1.29, 1.82) is 0 Å². The van der Waals surface area contributed by atoms with Gasteiger partial charge in [0.05, 0.1) is 0 Å². The van der Waals surface area contributed by atoms with Crippen LogP contribution in [0, 0.1) is 11.8 Å². The molecule has 2 aliphatic rings. The fourth-order valence-corrected chi connectivity index (χ4v) is 3.80. The van der Waals surface area contributed by atoms with Crippen molar-refractivity contribution in [2.24, 2.45) is 0 Å². The summed E-state index contributed by atoms with van der Waals surface area (Å²) in [5.41, 5.74) is 2.51. The average molecular weight is 253 g/mol. The molecule has 0 bridgehead atoms. The van der Waals surface area contributed by atoms with Gasteiger partial charge in [-0.1, -0.05) is 43.9 Å². The van der Waals surface area contributed by atoms with Gasteiger partial charge in [-0.05, 0) is 37.3 Å². The molecule has 0 radical (unpaired) electrons. The van der Waals surface area contributed by atoms with E-state index in [1.54, 1.807) is 6.92 Å². The Labute approximate surface area is 114 Å². The number of anilines is 1. The highest BCUT2D eigenvalue weighted by Crippen LogP contribution is 2.51. The molecule has 3 rings (SSSR count). The van der Waals surface area contributed by atoms with Crippen LogP contribution in [0.15, 0.2) is 24.3 Å². The standard InChI is InChI=1S/C17H19NO/c1-3-8-16(19)18-14-10-5-4-9-13(14)17(2)12-7-6-11-15(17)18/h4-5,9-10,15H,6-7,11-12H2,1-2H3/t15-,17-/m1/s1. The van der Waals surface area contributed by atoms with Gasteiger partial charge in [0.1, 0.15) is 0 Å².